The first-order valence-electron chi connectivity index (χ1n) is 9.70. The first-order valence-corrected chi connectivity index (χ1v) is 9.70. The number of benzene rings is 1. The third-order valence-corrected chi connectivity index (χ3v) is 5.72. The third-order valence-electron chi connectivity index (χ3n) is 5.72. The number of nitrogens with one attached hydrogen (secondary N) is 2. The Labute approximate surface area is 157 Å². The lowest BCUT2D eigenvalue weighted by molar-refractivity contribution is 0.0699. The number of hydrogen-bond acceptors (Lipinski definition) is 4. The summed E-state index contributed by atoms with van der Waals surface area (Å²) < 4.78 is 2.09. The zero-order valence-corrected chi connectivity index (χ0v) is 15.5. The highest BCUT2D eigenvalue weighted by Crippen LogP contribution is 2.28. The summed E-state index contributed by atoms with van der Waals surface area (Å²) in [6, 6.07) is 6.19. The molecule has 4 heterocycles. The van der Waals surface area contributed by atoms with E-state index in [1.165, 1.54) is 5.56 Å². The molecule has 0 saturated carbocycles. The number of H-pyrrole nitrogens is 1. The number of hydrogen-bond donors (Lipinski definition) is 2. The molecule has 5 rings (SSSR count). The fraction of sp³-hybridized carbons (Fsp3) is 0.450. The van der Waals surface area contributed by atoms with Crippen molar-refractivity contribution >= 4 is 16.9 Å². The van der Waals surface area contributed by atoms with Gasteiger partial charge in [0.2, 0.25) is 0 Å². The first kappa shape index (κ1) is 16.5. The Balaban J connectivity index is 1.37. The first-order chi connectivity index (χ1) is 13.2. The van der Waals surface area contributed by atoms with Crippen molar-refractivity contribution in [3.8, 4) is 0 Å². The van der Waals surface area contributed by atoms with Crippen LogP contribution in [0.2, 0.25) is 0 Å². The second-order valence-electron chi connectivity index (χ2n) is 7.60. The molecule has 1 aromatic carbocycles. The topological polar surface area (TPSA) is 78.8 Å². The van der Waals surface area contributed by atoms with Gasteiger partial charge in [-0.2, -0.15) is 0 Å². The van der Waals surface area contributed by atoms with Crippen molar-refractivity contribution in [1.29, 1.82) is 0 Å². The van der Waals surface area contributed by atoms with E-state index in [0.717, 1.165) is 61.7 Å². The summed E-state index contributed by atoms with van der Waals surface area (Å²) in [6.45, 7) is 6.09. The Hall–Kier alpha value is -2.67. The molecule has 1 saturated heterocycles. The SMILES string of the molecule is Cc1cccc2[nH]c(C3CCCN(C(=O)c4cn5c(n4)CNCC5)C3)nc12. The Morgan fingerprint density at radius 3 is 3.04 bits per heavy atom. The van der Waals surface area contributed by atoms with E-state index in [1.807, 2.05) is 17.2 Å². The molecule has 7 nitrogen and oxygen atoms in total. The lowest BCUT2D eigenvalue weighted by Crippen LogP contribution is -2.39. The van der Waals surface area contributed by atoms with Crippen molar-refractivity contribution in [1.82, 2.24) is 29.7 Å². The van der Waals surface area contributed by atoms with E-state index in [2.05, 4.69) is 38.9 Å². The maximum atomic E-state index is 13.0. The molecule has 27 heavy (non-hydrogen) atoms. The highest BCUT2D eigenvalue weighted by molar-refractivity contribution is 5.92. The van der Waals surface area contributed by atoms with Gasteiger partial charge in [-0.25, -0.2) is 9.97 Å². The lowest BCUT2D eigenvalue weighted by atomic mass is 9.97. The molecule has 1 fully saturated rings. The number of likely N-dealkylation sites (tertiary alicyclic amines) is 1. The monoisotopic (exact) mass is 364 g/mol. The number of piperidine rings is 1. The molecule has 2 N–H and O–H groups in total. The predicted octanol–water partition coefficient (Wildman–Crippen LogP) is 2.19. The predicted molar refractivity (Wildman–Crippen MR) is 103 cm³/mol. The van der Waals surface area contributed by atoms with Gasteiger partial charge in [0.1, 0.15) is 17.3 Å². The molecule has 0 radical (unpaired) electrons. The lowest BCUT2D eigenvalue weighted by Gasteiger charge is -2.31. The fourth-order valence-electron chi connectivity index (χ4n) is 4.23. The molecule has 1 amide bonds. The van der Waals surface area contributed by atoms with Crippen molar-refractivity contribution in [3.63, 3.8) is 0 Å². The Morgan fingerprint density at radius 1 is 1.26 bits per heavy atom. The molecule has 0 spiro atoms. The average Bonchev–Trinajstić information content (AvgIpc) is 3.32. The van der Waals surface area contributed by atoms with Gasteiger partial charge >= 0.3 is 0 Å². The van der Waals surface area contributed by atoms with Gasteiger partial charge in [0.05, 0.1) is 17.6 Å². The summed E-state index contributed by atoms with van der Waals surface area (Å²) in [5.74, 6) is 2.22. The molecule has 2 aliphatic rings. The molecule has 2 aromatic heterocycles. The number of aromatic amines is 1. The normalized spacial score (nSPS) is 20.0. The number of nitrogens with zero attached hydrogens (tertiary/aromatic N) is 4. The van der Waals surface area contributed by atoms with Crippen molar-refractivity contribution in [2.24, 2.45) is 0 Å². The minimum absolute atomic E-state index is 0.0360. The number of amides is 1. The van der Waals surface area contributed by atoms with Gasteiger partial charge in [-0.3, -0.25) is 4.79 Å². The van der Waals surface area contributed by atoms with E-state index in [9.17, 15) is 4.79 Å². The van der Waals surface area contributed by atoms with Crippen LogP contribution in [0.15, 0.2) is 24.4 Å². The van der Waals surface area contributed by atoms with Crippen molar-refractivity contribution < 1.29 is 4.79 Å². The number of carbonyl (C=O) groups is 1. The van der Waals surface area contributed by atoms with Crippen LogP contribution in [0, 0.1) is 6.92 Å². The van der Waals surface area contributed by atoms with E-state index in [0.29, 0.717) is 12.2 Å². The zero-order valence-electron chi connectivity index (χ0n) is 15.5. The van der Waals surface area contributed by atoms with Crippen LogP contribution in [0.5, 0.6) is 0 Å². The third kappa shape index (κ3) is 2.92. The molecule has 0 aliphatic carbocycles. The van der Waals surface area contributed by atoms with Gasteiger partial charge < -0.3 is 19.8 Å². The van der Waals surface area contributed by atoms with Crippen LogP contribution in [0.4, 0.5) is 0 Å². The molecule has 3 aromatic rings. The van der Waals surface area contributed by atoms with Crippen LogP contribution >= 0.6 is 0 Å². The molecule has 1 atom stereocenters. The molecular weight excluding hydrogens is 340 g/mol. The van der Waals surface area contributed by atoms with E-state index >= 15 is 0 Å². The van der Waals surface area contributed by atoms with Crippen LogP contribution in [0.25, 0.3) is 11.0 Å². The molecule has 1 unspecified atom stereocenters. The van der Waals surface area contributed by atoms with Gasteiger partial charge in [0.25, 0.3) is 5.91 Å². The summed E-state index contributed by atoms with van der Waals surface area (Å²) in [5.41, 5.74) is 3.85. The number of rotatable bonds is 2. The van der Waals surface area contributed by atoms with Gasteiger partial charge in [-0.1, -0.05) is 12.1 Å². The van der Waals surface area contributed by atoms with E-state index < -0.39 is 0 Å². The number of carbonyl (C=O) groups excluding carboxylic acids is 1. The summed E-state index contributed by atoms with van der Waals surface area (Å²) in [7, 11) is 0. The number of imidazole rings is 2. The Bertz CT molecular complexity index is 980. The van der Waals surface area contributed by atoms with Gasteiger partial charge in [-0.15, -0.1) is 0 Å². The van der Waals surface area contributed by atoms with Gasteiger partial charge in [0.15, 0.2) is 0 Å². The van der Waals surface area contributed by atoms with E-state index in [-0.39, 0.29) is 11.8 Å². The molecular formula is C20H24N6O. The van der Waals surface area contributed by atoms with Crippen molar-refractivity contribution in [3.05, 3.63) is 47.3 Å². The smallest absolute Gasteiger partial charge is 0.274 e. The van der Waals surface area contributed by atoms with Gasteiger partial charge in [-0.05, 0) is 31.4 Å². The van der Waals surface area contributed by atoms with E-state index in [4.69, 9.17) is 4.98 Å². The standard InChI is InChI=1S/C20H24N6O/c1-13-4-2-6-15-18(13)24-19(23-15)14-5-3-8-26(11-14)20(27)16-12-25-9-7-21-10-17(25)22-16/h2,4,6,12,14,21H,3,5,7-11H2,1H3,(H,23,24). The average molecular weight is 364 g/mol. The van der Waals surface area contributed by atoms with Crippen LogP contribution < -0.4 is 5.32 Å². The Kier molecular flexibility index (Phi) is 3.97. The van der Waals surface area contributed by atoms with Crippen molar-refractivity contribution in [2.75, 3.05) is 19.6 Å². The molecule has 0 bridgehead atoms. The maximum Gasteiger partial charge on any atom is 0.274 e. The van der Waals surface area contributed by atoms with E-state index in [1.54, 1.807) is 0 Å². The molecule has 2 aliphatic heterocycles. The largest absolute Gasteiger partial charge is 0.342 e. The number of fused-ring (bicyclic) bond motifs is 2. The van der Waals surface area contributed by atoms with Gasteiger partial charge in [0, 0.05) is 38.3 Å². The summed E-state index contributed by atoms with van der Waals surface area (Å²) in [6.07, 6.45) is 3.94. The minimum Gasteiger partial charge on any atom is -0.342 e. The summed E-state index contributed by atoms with van der Waals surface area (Å²) >= 11 is 0. The highest BCUT2D eigenvalue weighted by Gasteiger charge is 2.29. The zero-order chi connectivity index (χ0) is 18.4. The Morgan fingerprint density at radius 2 is 2.19 bits per heavy atom. The number of para-hydroxylation sites is 1. The highest BCUT2D eigenvalue weighted by atomic mass is 16.2. The van der Waals surface area contributed by atoms with Crippen LogP contribution in [0.1, 0.15) is 46.5 Å². The number of aromatic nitrogens is 4. The summed E-state index contributed by atoms with van der Waals surface area (Å²) in [5, 5.41) is 3.30. The number of aryl methyl sites for hydroxylation is 1. The maximum absolute atomic E-state index is 13.0. The quantitative estimate of drug-likeness (QED) is 0.731. The van der Waals surface area contributed by atoms with Crippen LogP contribution in [-0.2, 0) is 13.1 Å². The summed E-state index contributed by atoms with van der Waals surface area (Å²) in [4.78, 5) is 27.8. The second-order valence-corrected chi connectivity index (χ2v) is 7.60. The second kappa shape index (κ2) is 6.49. The van der Waals surface area contributed by atoms with Crippen molar-refractivity contribution in [2.45, 2.75) is 38.8 Å². The van der Waals surface area contributed by atoms with Crippen LogP contribution in [0.3, 0.4) is 0 Å². The fourth-order valence-corrected chi connectivity index (χ4v) is 4.23. The molecule has 140 valence electrons. The minimum atomic E-state index is 0.0360. The van der Waals surface area contributed by atoms with Crippen LogP contribution in [-0.4, -0.2) is 50.0 Å². The molecule has 7 heteroatoms.